The molecule has 3 aromatic rings. The monoisotopic (exact) mass is 403 g/mol. The molecule has 0 fully saturated rings. The largest absolute Gasteiger partial charge is 0.465 e. The van der Waals surface area contributed by atoms with Crippen LogP contribution in [-0.4, -0.2) is 12.6 Å². The predicted octanol–water partition coefficient (Wildman–Crippen LogP) is 5.57. The minimum Gasteiger partial charge on any atom is -0.465 e. The topological polar surface area (TPSA) is 50.1 Å². The number of hydrogen-bond donors (Lipinski definition) is 0. The Labute approximate surface area is 176 Å². The van der Waals surface area contributed by atoms with E-state index < -0.39 is 17.3 Å². The van der Waals surface area contributed by atoms with Gasteiger partial charge in [0.2, 0.25) is 0 Å². The standard InChI is InChI=1S/C25H22ClNO2/c1-2-29-24(28)23(18-27)25(20-11-7-4-8-12-20,17-19-9-5-3-6-10-19)21-13-15-22(26)16-14-21/h3-16,23H,2,17H2,1H3. The Morgan fingerprint density at radius 3 is 2.07 bits per heavy atom. The molecule has 0 saturated heterocycles. The van der Waals surface area contributed by atoms with Crippen molar-refractivity contribution in [1.29, 1.82) is 5.26 Å². The first-order chi connectivity index (χ1) is 14.1. The van der Waals surface area contributed by atoms with Crippen molar-refractivity contribution < 1.29 is 9.53 Å². The smallest absolute Gasteiger partial charge is 0.324 e. The molecule has 2 atom stereocenters. The molecule has 0 saturated carbocycles. The van der Waals surface area contributed by atoms with E-state index in [0.717, 1.165) is 16.7 Å². The third kappa shape index (κ3) is 4.34. The first-order valence-electron chi connectivity index (χ1n) is 9.53. The van der Waals surface area contributed by atoms with Crippen molar-refractivity contribution in [2.45, 2.75) is 18.8 Å². The van der Waals surface area contributed by atoms with Crippen LogP contribution in [0.3, 0.4) is 0 Å². The van der Waals surface area contributed by atoms with Gasteiger partial charge in [-0.25, -0.2) is 0 Å². The molecule has 0 N–H and O–H groups in total. The summed E-state index contributed by atoms with van der Waals surface area (Å²) < 4.78 is 5.32. The first kappa shape index (κ1) is 20.6. The lowest BCUT2D eigenvalue weighted by Gasteiger charge is -2.38. The molecule has 3 nitrogen and oxygen atoms in total. The Balaban J connectivity index is 2.30. The lowest BCUT2D eigenvalue weighted by molar-refractivity contribution is -0.147. The van der Waals surface area contributed by atoms with Gasteiger partial charge in [-0.1, -0.05) is 84.4 Å². The van der Waals surface area contributed by atoms with E-state index in [1.54, 1.807) is 19.1 Å². The molecule has 0 aliphatic carbocycles. The minimum atomic E-state index is -1.02. The number of carbonyl (C=O) groups excluding carboxylic acids is 1. The summed E-state index contributed by atoms with van der Waals surface area (Å²) in [5.41, 5.74) is 1.83. The third-order valence-corrected chi connectivity index (χ3v) is 5.37. The van der Waals surface area contributed by atoms with Crippen LogP contribution in [0.25, 0.3) is 0 Å². The number of esters is 1. The van der Waals surface area contributed by atoms with E-state index in [2.05, 4.69) is 6.07 Å². The van der Waals surface area contributed by atoms with E-state index in [4.69, 9.17) is 16.3 Å². The van der Waals surface area contributed by atoms with Gasteiger partial charge in [0.1, 0.15) is 0 Å². The van der Waals surface area contributed by atoms with Crippen molar-refractivity contribution in [3.8, 4) is 6.07 Å². The number of hydrogen-bond acceptors (Lipinski definition) is 3. The highest BCUT2D eigenvalue weighted by Gasteiger charge is 2.47. The van der Waals surface area contributed by atoms with Crippen LogP contribution in [0, 0.1) is 17.2 Å². The lowest BCUT2D eigenvalue weighted by atomic mass is 9.63. The highest BCUT2D eigenvalue weighted by molar-refractivity contribution is 6.30. The van der Waals surface area contributed by atoms with E-state index in [1.165, 1.54) is 0 Å². The molecule has 0 aliphatic rings. The quantitative estimate of drug-likeness (QED) is 0.484. The average Bonchev–Trinajstić information content (AvgIpc) is 2.75. The summed E-state index contributed by atoms with van der Waals surface area (Å²) in [6, 6.07) is 29.2. The van der Waals surface area contributed by atoms with Gasteiger partial charge in [-0.05, 0) is 42.2 Å². The molecule has 0 amide bonds. The zero-order valence-electron chi connectivity index (χ0n) is 16.2. The summed E-state index contributed by atoms with van der Waals surface area (Å²) in [6.45, 7) is 1.96. The maximum Gasteiger partial charge on any atom is 0.324 e. The number of rotatable bonds is 7. The summed E-state index contributed by atoms with van der Waals surface area (Å²) in [6.07, 6.45) is 0.469. The number of carbonyl (C=O) groups is 1. The van der Waals surface area contributed by atoms with Gasteiger partial charge >= 0.3 is 5.97 Å². The van der Waals surface area contributed by atoms with Gasteiger partial charge in [0.15, 0.2) is 5.92 Å². The third-order valence-electron chi connectivity index (χ3n) is 5.12. The van der Waals surface area contributed by atoms with Gasteiger partial charge in [0, 0.05) is 5.02 Å². The SMILES string of the molecule is CCOC(=O)C(C#N)C(Cc1ccccc1)(c1ccccc1)c1ccc(Cl)cc1. The second-order valence-corrected chi connectivity index (χ2v) is 7.26. The molecular weight excluding hydrogens is 382 g/mol. The molecule has 146 valence electrons. The number of nitrogens with zero attached hydrogens (tertiary/aromatic N) is 1. The maximum atomic E-state index is 13.0. The van der Waals surface area contributed by atoms with E-state index in [-0.39, 0.29) is 6.61 Å². The number of halogens is 1. The molecule has 0 spiro atoms. The summed E-state index contributed by atoms with van der Waals surface area (Å²) in [5.74, 6) is -1.55. The van der Waals surface area contributed by atoms with E-state index >= 15 is 0 Å². The average molecular weight is 404 g/mol. The Bertz CT molecular complexity index is 981. The minimum absolute atomic E-state index is 0.216. The van der Waals surface area contributed by atoms with Crippen LogP contribution >= 0.6 is 11.6 Å². The number of benzene rings is 3. The van der Waals surface area contributed by atoms with Crippen LogP contribution < -0.4 is 0 Å². The van der Waals surface area contributed by atoms with Crippen LogP contribution in [0.2, 0.25) is 5.02 Å². The lowest BCUT2D eigenvalue weighted by Crippen LogP contribution is -2.43. The zero-order valence-corrected chi connectivity index (χ0v) is 17.0. The van der Waals surface area contributed by atoms with Crippen molar-refractivity contribution in [2.24, 2.45) is 5.92 Å². The van der Waals surface area contributed by atoms with Crippen LogP contribution in [0.15, 0.2) is 84.9 Å². The molecule has 0 heterocycles. The van der Waals surface area contributed by atoms with Crippen LogP contribution in [0.1, 0.15) is 23.6 Å². The van der Waals surface area contributed by atoms with E-state index in [9.17, 15) is 10.1 Å². The van der Waals surface area contributed by atoms with Crippen molar-refractivity contribution in [1.82, 2.24) is 0 Å². The molecule has 0 radical (unpaired) electrons. The molecular formula is C25H22ClNO2. The fourth-order valence-corrected chi connectivity index (χ4v) is 3.92. The van der Waals surface area contributed by atoms with Crippen LogP contribution in [0.5, 0.6) is 0 Å². The van der Waals surface area contributed by atoms with Gasteiger partial charge in [0.05, 0.1) is 18.1 Å². The molecule has 29 heavy (non-hydrogen) atoms. The Morgan fingerprint density at radius 2 is 1.52 bits per heavy atom. The maximum absolute atomic E-state index is 13.0. The summed E-state index contributed by atoms with van der Waals surface area (Å²) >= 11 is 6.14. The second-order valence-electron chi connectivity index (χ2n) is 6.82. The number of nitriles is 1. The Morgan fingerprint density at radius 1 is 0.966 bits per heavy atom. The van der Waals surface area contributed by atoms with Crippen LogP contribution in [-0.2, 0) is 21.4 Å². The number of ether oxygens (including phenoxy) is 1. The van der Waals surface area contributed by atoms with Crippen molar-refractivity contribution in [2.75, 3.05) is 6.61 Å². The zero-order chi connectivity index (χ0) is 20.7. The molecule has 0 bridgehead atoms. The summed E-state index contributed by atoms with van der Waals surface area (Å²) in [7, 11) is 0. The van der Waals surface area contributed by atoms with Gasteiger partial charge in [-0.15, -0.1) is 0 Å². The van der Waals surface area contributed by atoms with Gasteiger partial charge in [-0.3, -0.25) is 4.79 Å². The fourth-order valence-electron chi connectivity index (χ4n) is 3.80. The molecule has 3 rings (SSSR count). The molecule has 4 heteroatoms. The summed E-state index contributed by atoms with van der Waals surface area (Å²) in [4.78, 5) is 13.0. The van der Waals surface area contributed by atoms with Gasteiger partial charge in [0.25, 0.3) is 0 Å². The van der Waals surface area contributed by atoms with Crippen molar-refractivity contribution >= 4 is 17.6 Å². The van der Waals surface area contributed by atoms with E-state index in [0.29, 0.717) is 11.4 Å². The Hall–Kier alpha value is -3.09. The molecule has 3 aromatic carbocycles. The summed E-state index contributed by atoms with van der Waals surface area (Å²) in [5, 5.41) is 10.7. The highest BCUT2D eigenvalue weighted by atomic mass is 35.5. The van der Waals surface area contributed by atoms with Gasteiger partial charge in [-0.2, -0.15) is 5.26 Å². The van der Waals surface area contributed by atoms with Crippen molar-refractivity contribution in [3.63, 3.8) is 0 Å². The molecule has 0 aliphatic heterocycles. The fraction of sp³-hybridized carbons (Fsp3) is 0.200. The molecule has 0 aromatic heterocycles. The second kappa shape index (κ2) is 9.41. The van der Waals surface area contributed by atoms with Crippen LogP contribution in [0.4, 0.5) is 0 Å². The normalized spacial score (nSPS) is 13.7. The van der Waals surface area contributed by atoms with E-state index in [1.807, 2.05) is 72.8 Å². The predicted molar refractivity (Wildman–Crippen MR) is 115 cm³/mol. The Kier molecular flexibility index (Phi) is 6.69. The first-order valence-corrected chi connectivity index (χ1v) is 9.91. The highest BCUT2D eigenvalue weighted by Crippen LogP contribution is 2.43. The molecule has 2 unspecified atom stereocenters. The van der Waals surface area contributed by atoms with Crippen molar-refractivity contribution in [3.05, 3.63) is 107 Å². The van der Waals surface area contributed by atoms with Gasteiger partial charge < -0.3 is 4.74 Å².